The van der Waals surface area contributed by atoms with Crippen LogP contribution in [0.15, 0.2) is 24.5 Å². The van der Waals surface area contributed by atoms with E-state index in [1.54, 1.807) is 6.20 Å². The predicted molar refractivity (Wildman–Crippen MR) is 61.7 cm³/mol. The van der Waals surface area contributed by atoms with Crippen LogP contribution in [0.4, 0.5) is 0 Å². The Morgan fingerprint density at radius 1 is 1.40 bits per heavy atom. The average Bonchev–Trinajstić information content (AvgIpc) is 2.76. The van der Waals surface area contributed by atoms with E-state index in [0.29, 0.717) is 6.04 Å². The number of allylic oxidation sites excluding steroid dienone is 1. The molecule has 3 heteroatoms. The molecule has 15 heavy (non-hydrogen) atoms. The van der Waals surface area contributed by atoms with E-state index in [-0.39, 0.29) is 0 Å². The molecule has 1 aliphatic carbocycles. The third-order valence-corrected chi connectivity index (χ3v) is 3.55. The predicted octanol–water partition coefficient (Wildman–Crippen LogP) is 2.50. The molecule has 1 N–H and O–H groups in total. The summed E-state index contributed by atoms with van der Waals surface area (Å²) >= 11 is 5.94. The van der Waals surface area contributed by atoms with Crippen molar-refractivity contribution in [2.45, 2.75) is 18.9 Å². The van der Waals surface area contributed by atoms with E-state index in [1.165, 1.54) is 24.0 Å². The first-order chi connectivity index (χ1) is 7.33. The Labute approximate surface area is 94.4 Å². The van der Waals surface area contributed by atoms with Gasteiger partial charge in [0, 0.05) is 18.4 Å². The molecule has 1 fully saturated rings. The van der Waals surface area contributed by atoms with Crippen LogP contribution in [0.5, 0.6) is 0 Å². The van der Waals surface area contributed by atoms with Crippen LogP contribution < -0.4 is 5.32 Å². The normalized spacial score (nSPS) is 29.0. The molecule has 0 radical (unpaired) electrons. The Morgan fingerprint density at radius 2 is 2.33 bits per heavy atom. The van der Waals surface area contributed by atoms with Gasteiger partial charge in [-0.1, -0.05) is 17.7 Å². The summed E-state index contributed by atoms with van der Waals surface area (Å²) in [5.41, 5.74) is 2.57. The highest BCUT2D eigenvalue weighted by Gasteiger charge is 2.31. The number of nitrogens with one attached hydrogen (secondary N) is 1. The van der Waals surface area contributed by atoms with Gasteiger partial charge in [-0.15, -0.1) is 0 Å². The molecular formula is C12H13ClN2. The van der Waals surface area contributed by atoms with Crippen LogP contribution in [0.2, 0.25) is 5.02 Å². The van der Waals surface area contributed by atoms with Crippen LogP contribution in [0.25, 0.3) is 5.57 Å². The summed E-state index contributed by atoms with van der Waals surface area (Å²) in [6.45, 7) is 1.16. The zero-order valence-corrected chi connectivity index (χ0v) is 9.17. The molecule has 0 amide bonds. The summed E-state index contributed by atoms with van der Waals surface area (Å²) < 4.78 is 0. The Balaban J connectivity index is 1.90. The van der Waals surface area contributed by atoms with Crippen molar-refractivity contribution in [1.82, 2.24) is 10.3 Å². The molecular weight excluding hydrogens is 208 g/mol. The van der Waals surface area contributed by atoms with Crippen LogP contribution in [0, 0.1) is 5.92 Å². The van der Waals surface area contributed by atoms with Crippen LogP contribution >= 0.6 is 11.6 Å². The molecule has 3 rings (SSSR count). The lowest BCUT2D eigenvalue weighted by molar-refractivity contribution is 0.553. The Morgan fingerprint density at radius 3 is 3.13 bits per heavy atom. The van der Waals surface area contributed by atoms with Gasteiger partial charge in [0.05, 0.1) is 5.02 Å². The van der Waals surface area contributed by atoms with Crippen molar-refractivity contribution >= 4 is 17.2 Å². The number of aromatic nitrogens is 1. The van der Waals surface area contributed by atoms with E-state index in [4.69, 9.17) is 11.6 Å². The largest absolute Gasteiger partial charge is 0.310 e. The second kappa shape index (κ2) is 3.62. The minimum Gasteiger partial charge on any atom is -0.310 e. The Hall–Kier alpha value is -0.860. The van der Waals surface area contributed by atoms with Crippen LogP contribution in [0.1, 0.15) is 18.4 Å². The molecule has 1 aromatic heterocycles. The smallest absolute Gasteiger partial charge is 0.0595 e. The van der Waals surface area contributed by atoms with Gasteiger partial charge in [-0.3, -0.25) is 4.98 Å². The van der Waals surface area contributed by atoms with Gasteiger partial charge in [0.25, 0.3) is 0 Å². The number of rotatable bonds is 1. The molecule has 2 nitrogen and oxygen atoms in total. The van der Waals surface area contributed by atoms with E-state index in [2.05, 4.69) is 16.4 Å². The molecule has 0 unspecified atom stereocenters. The Bertz CT molecular complexity index is 414. The van der Waals surface area contributed by atoms with Crippen molar-refractivity contribution in [2.75, 3.05) is 6.54 Å². The van der Waals surface area contributed by atoms with Crippen molar-refractivity contribution in [3.05, 3.63) is 35.1 Å². The quantitative estimate of drug-likeness (QED) is 0.787. The van der Waals surface area contributed by atoms with E-state index >= 15 is 0 Å². The molecule has 2 atom stereocenters. The van der Waals surface area contributed by atoms with E-state index < -0.39 is 0 Å². The number of pyridine rings is 1. The number of hydrogen-bond donors (Lipinski definition) is 1. The molecule has 1 saturated heterocycles. The minimum atomic E-state index is 0.582. The summed E-state index contributed by atoms with van der Waals surface area (Å²) in [7, 11) is 0. The average molecular weight is 221 g/mol. The van der Waals surface area contributed by atoms with Crippen LogP contribution in [-0.4, -0.2) is 17.6 Å². The van der Waals surface area contributed by atoms with Crippen LogP contribution in [-0.2, 0) is 0 Å². The van der Waals surface area contributed by atoms with Gasteiger partial charge >= 0.3 is 0 Å². The topological polar surface area (TPSA) is 24.9 Å². The molecule has 0 bridgehead atoms. The molecule has 1 aliphatic heterocycles. The van der Waals surface area contributed by atoms with Gasteiger partial charge in [-0.25, -0.2) is 0 Å². The summed E-state index contributed by atoms with van der Waals surface area (Å²) in [5.74, 6) is 0.791. The molecule has 2 aliphatic rings. The third-order valence-electron chi connectivity index (χ3n) is 3.34. The number of hydrogen-bond acceptors (Lipinski definition) is 2. The first kappa shape index (κ1) is 9.37. The highest BCUT2D eigenvalue weighted by atomic mass is 35.5. The summed E-state index contributed by atoms with van der Waals surface area (Å²) in [6, 6.07) is 2.58. The number of fused-ring (bicyclic) bond motifs is 1. The highest BCUT2D eigenvalue weighted by molar-refractivity contribution is 6.30. The zero-order chi connectivity index (χ0) is 10.3. The third kappa shape index (κ3) is 1.68. The van der Waals surface area contributed by atoms with E-state index in [0.717, 1.165) is 17.5 Å². The fourth-order valence-corrected chi connectivity index (χ4v) is 2.75. The van der Waals surface area contributed by atoms with Crippen molar-refractivity contribution in [3.8, 4) is 0 Å². The molecule has 78 valence electrons. The van der Waals surface area contributed by atoms with E-state index in [1.807, 2.05) is 12.3 Å². The number of nitrogens with zero attached hydrogens (tertiary/aromatic N) is 1. The van der Waals surface area contributed by atoms with Gasteiger partial charge in [0.15, 0.2) is 0 Å². The highest BCUT2D eigenvalue weighted by Crippen LogP contribution is 2.36. The summed E-state index contributed by atoms with van der Waals surface area (Å²) in [6.07, 6.45) is 8.38. The summed E-state index contributed by atoms with van der Waals surface area (Å²) in [4.78, 5) is 4.13. The number of halogens is 1. The van der Waals surface area contributed by atoms with Crippen molar-refractivity contribution in [2.24, 2.45) is 5.92 Å². The fourth-order valence-electron chi connectivity index (χ4n) is 2.57. The van der Waals surface area contributed by atoms with Crippen molar-refractivity contribution in [3.63, 3.8) is 0 Å². The van der Waals surface area contributed by atoms with Gasteiger partial charge in [-0.2, -0.15) is 0 Å². The lowest BCUT2D eigenvalue weighted by atomic mass is 10.00. The molecule has 0 aromatic carbocycles. The first-order valence-electron chi connectivity index (χ1n) is 5.38. The molecule has 0 saturated carbocycles. The monoisotopic (exact) mass is 220 g/mol. The first-order valence-corrected chi connectivity index (χ1v) is 5.76. The minimum absolute atomic E-state index is 0.582. The summed E-state index contributed by atoms with van der Waals surface area (Å²) in [5, 5.41) is 4.22. The van der Waals surface area contributed by atoms with Gasteiger partial charge < -0.3 is 5.32 Å². The molecule has 0 spiro atoms. The lowest BCUT2D eigenvalue weighted by Gasteiger charge is -2.06. The van der Waals surface area contributed by atoms with E-state index in [9.17, 15) is 0 Å². The van der Waals surface area contributed by atoms with Crippen molar-refractivity contribution in [1.29, 1.82) is 0 Å². The lowest BCUT2D eigenvalue weighted by Crippen LogP contribution is -2.20. The fraction of sp³-hybridized carbons (Fsp3) is 0.417. The maximum absolute atomic E-state index is 5.94. The molecule has 2 heterocycles. The zero-order valence-electron chi connectivity index (χ0n) is 8.41. The van der Waals surface area contributed by atoms with Crippen molar-refractivity contribution < 1.29 is 0 Å². The van der Waals surface area contributed by atoms with Gasteiger partial charge in [0.1, 0.15) is 0 Å². The maximum Gasteiger partial charge on any atom is 0.0595 e. The van der Waals surface area contributed by atoms with Gasteiger partial charge in [0.2, 0.25) is 0 Å². The Kier molecular flexibility index (Phi) is 2.26. The maximum atomic E-state index is 5.94. The molecule has 1 aromatic rings. The SMILES string of the molecule is Clc1cncc(C2=C[C@H]3NCC[C@H]3C2)c1. The second-order valence-electron chi connectivity index (χ2n) is 4.32. The standard InChI is InChI=1S/C12H13ClN2/c13-11-4-10(6-14-7-11)9-3-8-1-2-15-12(8)5-9/h4-8,12,15H,1-3H2/t8-,12+/m0/s1. The van der Waals surface area contributed by atoms with Gasteiger partial charge in [-0.05, 0) is 42.5 Å². The van der Waals surface area contributed by atoms with Crippen LogP contribution in [0.3, 0.4) is 0 Å². The second-order valence-corrected chi connectivity index (χ2v) is 4.75.